The van der Waals surface area contributed by atoms with Crippen LogP contribution in [0.5, 0.6) is 5.75 Å². The van der Waals surface area contributed by atoms with Gasteiger partial charge in [-0.3, -0.25) is 9.59 Å². The maximum Gasteiger partial charge on any atom is 0.261 e. The summed E-state index contributed by atoms with van der Waals surface area (Å²) in [7, 11) is 0. The van der Waals surface area contributed by atoms with E-state index in [1.54, 1.807) is 4.90 Å². The third-order valence-corrected chi connectivity index (χ3v) is 5.68. The first kappa shape index (κ1) is 21.9. The predicted molar refractivity (Wildman–Crippen MR) is 118 cm³/mol. The van der Waals surface area contributed by atoms with E-state index in [0.29, 0.717) is 25.1 Å². The molecule has 5 nitrogen and oxygen atoms in total. The van der Waals surface area contributed by atoms with Crippen molar-refractivity contribution in [3.8, 4) is 5.75 Å². The van der Waals surface area contributed by atoms with Crippen LogP contribution >= 0.6 is 0 Å². The minimum Gasteiger partial charge on any atom is -0.484 e. The largest absolute Gasteiger partial charge is 0.484 e. The highest BCUT2D eigenvalue weighted by atomic mass is 16.5. The van der Waals surface area contributed by atoms with Gasteiger partial charge in [0.1, 0.15) is 11.8 Å². The molecule has 30 heavy (non-hydrogen) atoms. The quantitative estimate of drug-likeness (QED) is 0.647. The summed E-state index contributed by atoms with van der Waals surface area (Å²) in [6, 6.07) is 19.1. The molecule has 0 unspecified atom stereocenters. The highest BCUT2D eigenvalue weighted by Crippen LogP contribution is 2.19. The Kier molecular flexibility index (Phi) is 8.30. The fourth-order valence-corrected chi connectivity index (χ4v) is 4.01. The summed E-state index contributed by atoms with van der Waals surface area (Å²) in [5.41, 5.74) is 1.14. The van der Waals surface area contributed by atoms with Gasteiger partial charge in [0.05, 0.1) is 0 Å². The average Bonchev–Trinajstić information content (AvgIpc) is 3.29. The Labute approximate surface area is 179 Å². The molecule has 5 heteroatoms. The third kappa shape index (κ3) is 6.34. The summed E-state index contributed by atoms with van der Waals surface area (Å²) in [5.74, 6) is 0.436. The van der Waals surface area contributed by atoms with Crippen LogP contribution in [0.3, 0.4) is 0 Å². The predicted octanol–water partition coefficient (Wildman–Crippen LogP) is 3.97. The van der Waals surface area contributed by atoms with Crippen LogP contribution < -0.4 is 10.1 Å². The van der Waals surface area contributed by atoms with Crippen LogP contribution in [-0.2, 0) is 16.0 Å². The molecule has 2 aromatic carbocycles. The Morgan fingerprint density at radius 3 is 2.30 bits per heavy atom. The first-order valence-corrected chi connectivity index (χ1v) is 11.0. The normalized spacial score (nSPS) is 14.8. The minimum atomic E-state index is -0.485. The van der Waals surface area contributed by atoms with Crippen LogP contribution in [0.15, 0.2) is 60.7 Å². The molecule has 1 atom stereocenters. The van der Waals surface area contributed by atoms with Crippen LogP contribution in [0, 0.1) is 0 Å². The van der Waals surface area contributed by atoms with Gasteiger partial charge >= 0.3 is 0 Å². The summed E-state index contributed by atoms with van der Waals surface area (Å²) in [5, 5.41) is 3.16. The second-order valence-electron chi connectivity index (χ2n) is 7.84. The summed E-state index contributed by atoms with van der Waals surface area (Å²) >= 11 is 0. The van der Waals surface area contributed by atoms with Gasteiger partial charge in [-0.25, -0.2) is 0 Å². The lowest BCUT2D eigenvalue weighted by Gasteiger charge is -2.31. The molecule has 2 amide bonds. The number of carbonyl (C=O) groups excluding carboxylic acids is 2. The van der Waals surface area contributed by atoms with Crippen LogP contribution in [0.25, 0.3) is 0 Å². The molecular formula is C25H32N2O3. The van der Waals surface area contributed by atoms with Crippen molar-refractivity contribution in [3.63, 3.8) is 0 Å². The van der Waals surface area contributed by atoms with Gasteiger partial charge in [-0.2, -0.15) is 0 Å². The van der Waals surface area contributed by atoms with Crippen molar-refractivity contribution in [2.75, 3.05) is 13.2 Å². The zero-order chi connectivity index (χ0) is 21.2. The molecule has 160 valence electrons. The zero-order valence-electron chi connectivity index (χ0n) is 17.8. The topological polar surface area (TPSA) is 58.6 Å². The van der Waals surface area contributed by atoms with Crippen LogP contribution in [0.4, 0.5) is 0 Å². The van der Waals surface area contributed by atoms with Crippen LogP contribution in [-0.4, -0.2) is 41.9 Å². The van der Waals surface area contributed by atoms with E-state index in [-0.39, 0.29) is 24.5 Å². The molecule has 1 aliphatic carbocycles. The average molecular weight is 409 g/mol. The number of rotatable bonds is 10. The SMILES string of the molecule is CC[C@H](C(=O)NC1CCCC1)N(CCc1ccccc1)C(=O)COc1ccccc1. The summed E-state index contributed by atoms with van der Waals surface area (Å²) in [6.07, 6.45) is 5.64. The Bertz CT molecular complexity index is 789. The molecule has 1 saturated carbocycles. The van der Waals surface area contributed by atoms with E-state index in [2.05, 4.69) is 5.32 Å². The number of amides is 2. The number of ether oxygens (including phenoxy) is 1. The van der Waals surface area contributed by atoms with Crippen molar-refractivity contribution in [2.24, 2.45) is 0 Å². The van der Waals surface area contributed by atoms with Crippen molar-refractivity contribution in [1.82, 2.24) is 10.2 Å². The Morgan fingerprint density at radius 1 is 1.03 bits per heavy atom. The standard InChI is InChI=1S/C25H32N2O3/c1-2-23(25(29)26-21-13-9-10-14-21)27(18-17-20-11-5-3-6-12-20)24(28)19-30-22-15-7-4-8-16-22/h3-8,11-12,15-16,21,23H,2,9-10,13-14,17-19H2,1H3,(H,26,29)/t23-/m1/s1. The number of hydrogen-bond acceptors (Lipinski definition) is 3. The number of hydrogen-bond donors (Lipinski definition) is 1. The van der Waals surface area contributed by atoms with Crippen molar-refractivity contribution in [3.05, 3.63) is 66.2 Å². The first-order valence-electron chi connectivity index (χ1n) is 11.0. The molecule has 0 aromatic heterocycles. The fraction of sp³-hybridized carbons (Fsp3) is 0.440. The number of nitrogens with one attached hydrogen (secondary N) is 1. The molecular weight excluding hydrogens is 376 g/mol. The highest BCUT2D eigenvalue weighted by Gasteiger charge is 2.30. The second kappa shape index (κ2) is 11.4. The highest BCUT2D eigenvalue weighted by molar-refractivity contribution is 5.88. The number of nitrogens with zero attached hydrogens (tertiary/aromatic N) is 1. The van der Waals surface area contributed by atoms with Gasteiger partial charge < -0.3 is 15.0 Å². The Balaban J connectivity index is 1.68. The molecule has 0 bridgehead atoms. The van der Waals surface area contributed by atoms with Crippen molar-refractivity contribution in [1.29, 1.82) is 0 Å². The summed E-state index contributed by atoms with van der Waals surface area (Å²) < 4.78 is 5.69. The van der Waals surface area contributed by atoms with Crippen LogP contribution in [0.2, 0.25) is 0 Å². The number of benzene rings is 2. The van der Waals surface area contributed by atoms with Gasteiger partial charge in [0.25, 0.3) is 5.91 Å². The van der Waals surface area contributed by atoms with Gasteiger partial charge in [-0.05, 0) is 43.4 Å². The molecule has 0 saturated heterocycles. The van der Waals surface area contributed by atoms with Crippen molar-refractivity contribution >= 4 is 11.8 Å². The van der Waals surface area contributed by atoms with Gasteiger partial charge in [0.15, 0.2) is 6.61 Å². The molecule has 2 aromatic rings. The van der Waals surface area contributed by atoms with Gasteiger partial charge in [0.2, 0.25) is 5.91 Å². The third-order valence-electron chi connectivity index (χ3n) is 5.68. The lowest BCUT2D eigenvalue weighted by Crippen LogP contribution is -2.52. The molecule has 3 rings (SSSR count). The Morgan fingerprint density at radius 2 is 1.67 bits per heavy atom. The van der Waals surface area contributed by atoms with Gasteiger partial charge in [-0.1, -0.05) is 68.3 Å². The van der Waals surface area contributed by atoms with Gasteiger partial charge in [0, 0.05) is 12.6 Å². The monoisotopic (exact) mass is 408 g/mol. The van der Waals surface area contributed by atoms with E-state index in [9.17, 15) is 9.59 Å². The minimum absolute atomic E-state index is 0.0504. The first-order chi connectivity index (χ1) is 14.7. The number of carbonyl (C=O) groups is 2. The van der Waals surface area contributed by atoms with E-state index < -0.39 is 6.04 Å². The lowest BCUT2D eigenvalue weighted by molar-refractivity contribution is -0.142. The van der Waals surface area contributed by atoms with E-state index in [0.717, 1.165) is 31.2 Å². The second-order valence-corrected chi connectivity index (χ2v) is 7.84. The molecule has 0 aliphatic heterocycles. The smallest absolute Gasteiger partial charge is 0.261 e. The molecule has 0 spiro atoms. The summed E-state index contributed by atoms with van der Waals surface area (Å²) in [6.45, 7) is 2.36. The summed E-state index contributed by atoms with van der Waals surface area (Å²) in [4.78, 5) is 27.8. The molecule has 1 fully saturated rings. The number of para-hydroxylation sites is 1. The van der Waals surface area contributed by atoms with E-state index in [4.69, 9.17) is 4.74 Å². The Hall–Kier alpha value is -2.82. The lowest BCUT2D eigenvalue weighted by atomic mass is 10.1. The molecule has 1 aliphatic rings. The fourth-order valence-electron chi connectivity index (χ4n) is 4.01. The van der Waals surface area contributed by atoms with E-state index >= 15 is 0 Å². The molecule has 0 heterocycles. The molecule has 0 radical (unpaired) electrons. The maximum atomic E-state index is 13.1. The zero-order valence-corrected chi connectivity index (χ0v) is 17.8. The van der Waals surface area contributed by atoms with E-state index in [1.165, 1.54) is 0 Å². The maximum absolute atomic E-state index is 13.1. The van der Waals surface area contributed by atoms with Gasteiger partial charge in [-0.15, -0.1) is 0 Å². The van der Waals surface area contributed by atoms with Crippen molar-refractivity contribution in [2.45, 2.75) is 57.5 Å². The van der Waals surface area contributed by atoms with Crippen molar-refractivity contribution < 1.29 is 14.3 Å². The van der Waals surface area contributed by atoms with Crippen LogP contribution in [0.1, 0.15) is 44.6 Å². The van der Waals surface area contributed by atoms with E-state index in [1.807, 2.05) is 67.6 Å². The molecule has 1 N–H and O–H groups in total.